The Labute approximate surface area is 205 Å². The van der Waals surface area contributed by atoms with E-state index in [9.17, 15) is 22.2 Å². The van der Waals surface area contributed by atoms with Crippen LogP contribution in [-0.4, -0.2) is 60.7 Å². The molecule has 0 bridgehead atoms. The highest BCUT2D eigenvalue weighted by Crippen LogP contribution is 2.30. The Bertz CT molecular complexity index is 1310. The maximum Gasteiger partial charge on any atom is 0.405 e. The molecule has 2 atom stereocenters. The third kappa shape index (κ3) is 5.60. The number of nitrogens with one attached hydrogen (secondary N) is 1. The lowest BCUT2D eigenvalue weighted by atomic mass is 10.2. The second-order valence-corrected chi connectivity index (χ2v) is 9.69. The van der Waals surface area contributed by atoms with E-state index in [1.807, 2.05) is 0 Å². The average Bonchev–Trinajstić information content (AvgIpc) is 3.54. The highest BCUT2D eigenvalue weighted by atomic mass is 35.5. The molecular weight excluding hydrogens is 507 g/mol. The maximum absolute atomic E-state index is 13.3. The third-order valence-corrected chi connectivity index (χ3v) is 7.45. The Kier molecular flexibility index (Phi) is 7.04. The van der Waals surface area contributed by atoms with Gasteiger partial charge in [0.1, 0.15) is 24.0 Å². The number of hydrogen-bond donors (Lipinski definition) is 1. The molecule has 1 aliphatic rings. The van der Waals surface area contributed by atoms with Crippen molar-refractivity contribution in [2.24, 2.45) is 0 Å². The maximum atomic E-state index is 13.3. The zero-order valence-electron chi connectivity index (χ0n) is 17.9. The van der Waals surface area contributed by atoms with Crippen molar-refractivity contribution in [1.29, 1.82) is 5.26 Å². The van der Waals surface area contributed by atoms with E-state index in [0.29, 0.717) is 22.9 Å². The summed E-state index contributed by atoms with van der Waals surface area (Å²) < 4.78 is 52.7. The SMILES string of the molecule is N#Cc1ncc(C(=O)NCC(F)(F)F)c(N2CCC(S(=O)c3ccc(-n4ccnc4)cc3Cl)C2)n1. The first-order chi connectivity index (χ1) is 16.7. The number of nitrogens with zero attached hydrogens (tertiary/aromatic N) is 6. The number of halogens is 4. The van der Waals surface area contributed by atoms with Gasteiger partial charge in [-0.2, -0.15) is 18.4 Å². The summed E-state index contributed by atoms with van der Waals surface area (Å²) in [5.41, 5.74) is 0.545. The van der Waals surface area contributed by atoms with Gasteiger partial charge in [0.05, 0.1) is 32.3 Å². The van der Waals surface area contributed by atoms with Crippen LogP contribution in [0.3, 0.4) is 0 Å². The Morgan fingerprint density at radius 3 is 2.83 bits per heavy atom. The highest BCUT2D eigenvalue weighted by molar-refractivity contribution is 7.85. The fraction of sp³-hybridized carbons (Fsp3) is 0.286. The molecule has 1 saturated heterocycles. The van der Waals surface area contributed by atoms with E-state index >= 15 is 0 Å². The molecule has 3 heterocycles. The fourth-order valence-electron chi connectivity index (χ4n) is 3.60. The Morgan fingerprint density at radius 1 is 1.37 bits per heavy atom. The minimum absolute atomic E-state index is 0.0114. The smallest absolute Gasteiger partial charge is 0.355 e. The number of carbonyl (C=O) groups excluding carboxylic acids is 1. The Balaban J connectivity index is 1.53. The minimum Gasteiger partial charge on any atom is -0.355 e. The predicted octanol–water partition coefficient (Wildman–Crippen LogP) is 2.87. The van der Waals surface area contributed by atoms with E-state index in [4.69, 9.17) is 16.9 Å². The normalized spacial score (nSPS) is 16.7. The number of anilines is 1. The molecule has 0 spiro atoms. The van der Waals surface area contributed by atoms with E-state index in [0.717, 1.165) is 11.9 Å². The first kappa shape index (κ1) is 24.6. The van der Waals surface area contributed by atoms with Crippen LogP contribution in [0.15, 0.2) is 48.0 Å². The zero-order valence-corrected chi connectivity index (χ0v) is 19.4. The predicted molar refractivity (Wildman–Crippen MR) is 121 cm³/mol. The zero-order chi connectivity index (χ0) is 25.2. The van der Waals surface area contributed by atoms with E-state index in [-0.39, 0.29) is 23.8 Å². The number of imidazole rings is 1. The van der Waals surface area contributed by atoms with Crippen LogP contribution >= 0.6 is 11.6 Å². The molecule has 0 radical (unpaired) electrons. The summed E-state index contributed by atoms with van der Waals surface area (Å²) in [7, 11) is -1.52. The number of amides is 1. The summed E-state index contributed by atoms with van der Waals surface area (Å²) in [5, 5.41) is 10.9. The molecule has 9 nitrogen and oxygen atoms in total. The van der Waals surface area contributed by atoms with Gasteiger partial charge >= 0.3 is 6.18 Å². The molecule has 3 aromatic rings. The summed E-state index contributed by atoms with van der Waals surface area (Å²) in [6.07, 6.45) is 1.85. The first-order valence-corrected chi connectivity index (χ1v) is 11.8. The second-order valence-electron chi connectivity index (χ2n) is 7.58. The first-order valence-electron chi connectivity index (χ1n) is 10.2. The van der Waals surface area contributed by atoms with Gasteiger partial charge in [0.25, 0.3) is 5.91 Å². The molecular formula is C21H17ClF3N7O2S. The van der Waals surface area contributed by atoms with Crippen molar-refractivity contribution in [2.45, 2.75) is 22.7 Å². The summed E-state index contributed by atoms with van der Waals surface area (Å²) in [6, 6.07) is 6.87. The molecule has 14 heteroatoms. The Morgan fingerprint density at radius 2 is 2.17 bits per heavy atom. The summed E-state index contributed by atoms with van der Waals surface area (Å²) in [6.45, 7) is -1.01. The third-order valence-electron chi connectivity index (χ3n) is 5.24. The molecule has 0 saturated carbocycles. The molecule has 2 aromatic heterocycles. The van der Waals surface area contributed by atoms with E-state index in [2.05, 4.69) is 15.0 Å². The van der Waals surface area contributed by atoms with E-state index in [1.54, 1.807) is 57.8 Å². The van der Waals surface area contributed by atoms with Gasteiger partial charge in [0, 0.05) is 37.4 Å². The van der Waals surface area contributed by atoms with Crippen molar-refractivity contribution in [3.63, 3.8) is 0 Å². The number of rotatable bonds is 6. The quantitative estimate of drug-likeness (QED) is 0.528. The van der Waals surface area contributed by atoms with Crippen molar-refractivity contribution in [1.82, 2.24) is 24.8 Å². The van der Waals surface area contributed by atoms with Crippen LogP contribution in [0, 0.1) is 11.3 Å². The molecule has 182 valence electrons. The van der Waals surface area contributed by atoms with Crippen molar-refractivity contribution in [2.75, 3.05) is 24.5 Å². The van der Waals surface area contributed by atoms with Gasteiger partial charge in [0.2, 0.25) is 5.82 Å². The lowest BCUT2D eigenvalue weighted by Crippen LogP contribution is -2.35. The number of nitriles is 1. The van der Waals surface area contributed by atoms with Gasteiger partial charge in [0.15, 0.2) is 0 Å². The minimum atomic E-state index is -4.59. The van der Waals surface area contributed by atoms with Gasteiger partial charge in [-0.1, -0.05) is 11.6 Å². The molecule has 2 unspecified atom stereocenters. The molecule has 1 fully saturated rings. The van der Waals surface area contributed by atoms with Crippen LogP contribution in [0.25, 0.3) is 5.69 Å². The molecule has 4 rings (SSSR count). The number of aromatic nitrogens is 4. The average molecular weight is 524 g/mol. The highest BCUT2D eigenvalue weighted by Gasteiger charge is 2.33. The van der Waals surface area contributed by atoms with Crippen LogP contribution in [0.5, 0.6) is 0 Å². The van der Waals surface area contributed by atoms with Gasteiger partial charge in [-0.3, -0.25) is 9.00 Å². The van der Waals surface area contributed by atoms with E-state index in [1.165, 1.54) is 0 Å². The molecule has 1 aliphatic heterocycles. The van der Waals surface area contributed by atoms with Crippen LogP contribution in [-0.2, 0) is 10.8 Å². The number of carbonyl (C=O) groups is 1. The van der Waals surface area contributed by atoms with Crippen molar-refractivity contribution in [3.05, 3.63) is 59.5 Å². The lowest BCUT2D eigenvalue weighted by Gasteiger charge is -2.20. The number of benzene rings is 1. The van der Waals surface area contributed by atoms with Crippen LogP contribution < -0.4 is 10.2 Å². The topological polar surface area (TPSA) is 117 Å². The molecule has 0 aliphatic carbocycles. The monoisotopic (exact) mass is 523 g/mol. The van der Waals surface area contributed by atoms with E-state index < -0.39 is 34.7 Å². The van der Waals surface area contributed by atoms with Gasteiger partial charge in [-0.05, 0) is 24.6 Å². The molecule has 1 aromatic carbocycles. The Hall–Kier alpha value is -3.50. The van der Waals surface area contributed by atoms with Crippen LogP contribution in [0.1, 0.15) is 22.6 Å². The summed E-state index contributed by atoms with van der Waals surface area (Å²) >= 11 is 6.41. The second kappa shape index (κ2) is 10.0. The number of hydrogen-bond acceptors (Lipinski definition) is 7. The van der Waals surface area contributed by atoms with Crippen LogP contribution in [0.4, 0.5) is 19.0 Å². The lowest BCUT2D eigenvalue weighted by molar-refractivity contribution is -0.123. The van der Waals surface area contributed by atoms with Gasteiger partial charge in [-0.25, -0.2) is 15.0 Å². The molecule has 35 heavy (non-hydrogen) atoms. The van der Waals surface area contributed by atoms with Crippen molar-refractivity contribution in [3.8, 4) is 11.8 Å². The standard InChI is InChI=1S/C21H17ClF3N7O2S/c22-16-7-13(32-6-4-27-12-32)1-2-17(16)35(34)14-3-5-31(10-14)19-15(9-28-18(8-26)30-19)20(33)29-11-21(23,24)25/h1-2,4,6-7,9,12,14H,3,5,10-11H2,(H,29,33). The molecule has 1 N–H and O–H groups in total. The fourth-order valence-corrected chi connectivity index (χ4v) is 5.45. The molecule has 1 amide bonds. The van der Waals surface area contributed by atoms with Crippen LogP contribution in [0.2, 0.25) is 5.02 Å². The number of alkyl halides is 3. The van der Waals surface area contributed by atoms with Crippen molar-refractivity contribution < 1.29 is 22.2 Å². The van der Waals surface area contributed by atoms with Gasteiger partial charge in [-0.15, -0.1) is 0 Å². The largest absolute Gasteiger partial charge is 0.405 e. The van der Waals surface area contributed by atoms with Gasteiger partial charge < -0.3 is 14.8 Å². The van der Waals surface area contributed by atoms with Crippen molar-refractivity contribution >= 4 is 34.1 Å². The summed E-state index contributed by atoms with van der Waals surface area (Å²) in [5.74, 6) is -1.25. The summed E-state index contributed by atoms with van der Waals surface area (Å²) in [4.78, 5) is 26.2.